The maximum atomic E-state index is 12.5. The van der Waals surface area contributed by atoms with Gasteiger partial charge in [0.15, 0.2) is 0 Å². The molecule has 3 heterocycles. The molecule has 0 unspecified atom stereocenters. The molecule has 138 valence electrons. The maximum Gasteiger partial charge on any atom is 0.324 e. The van der Waals surface area contributed by atoms with Gasteiger partial charge in [-0.05, 0) is 35.2 Å². The summed E-state index contributed by atoms with van der Waals surface area (Å²) in [5.41, 5.74) is -0.717. The molecule has 2 aromatic heterocycles. The van der Waals surface area contributed by atoms with E-state index in [9.17, 15) is 19.5 Å². The first-order valence-electron chi connectivity index (χ1n) is 8.15. The number of carbonyl (C=O) groups excluding carboxylic acids is 3. The van der Waals surface area contributed by atoms with Gasteiger partial charge in [0.25, 0.3) is 0 Å². The average molecular weight is 393 g/mol. The zero-order chi connectivity index (χ0) is 18.7. The van der Waals surface area contributed by atoms with Gasteiger partial charge in [0, 0.05) is 30.1 Å². The number of hydrogen-bond acceptors (Lipinski definition) is 6. The van der Waals surface area contributed by atoms with Crippen molar-refractivity contribution in [1.29, 1.82) is 0 Å². The molecule has 1 fully saturated rings. The van der Waals surface area contributed by atoms with Crippen molar-refractivity contribution < 1.29 is 19.5 Å². The Kier molecular flexibility index (Phi) is 5.40. The van der Waals surface area contributed by atoms with Crippen LogP contribution in [0.15, 0.2) is 34.3 Å². The van der Waals surface area contributed by atoms with Gasteiger partial charge in [0.1, 0.15) is 5.60 Å². The first kappa shape index (κ1) is 18.6. The second-order valence-electron chi connectivity index (χ2n) is 5.85. The normalized spacial score (nSPS) is 17.3. The largest absolute Gasteiger partial charge is 0.378 e. The zero-order valence-electron chi connectivity index (χ0n) is 14.2. The number of urea groups is 1. The van der Waals surface area contributed by atoms with E-state index >= 15 is 0 Å². The second kappa shape index (κ2) is 7.56. The lowest BCUT2D eigenvalue weighted by Gasteiger charge is -2.33. The van der Waals surface area contributed by atoms with Gasteiger partial charge in [0.2, 0.25) is 0 Å². The SMILES string of the molecule is CCN1CCN(C(=O)NC[C@](O)(c2ccsc2)c2cccs2)C(=O)C1=O. The summed E-state index contributed by atoms with van der Waals surface area (Å²) < 4.78 is 0. The lowest BCUT2D eigenvalue weighted by molar-refractivity contribution is -0.153. The summed E-state index contributed by atoms with van der Waals surface area (Å²) in [6.45, 7) is 2.56. The molecule has 1 aliphatic rings. The molecule has 2 N–H and O–H groups in total. The second-order valence-corrected chi connectivity index (χ2v) is 7.58. The van der Waals surface area contributed by atoms with Gasteiger partial charge in [-0.15, -0.1) is 11.3 Å². The van der Waals surface area contributed by atoms with E-state index in [1.165, 1.54) is 27.6 Å². The topological polar surface area (TPSA) is 89.9 Å². The number of hydrogen-bond donors (Lipinski definition) is 2. The zero-order valence-corrected chi connectivity index (χ0v) is 15.8. The molecule has 9 heteroatoms. The molecule has 1 aliphatic heterocycles. The summed E-state index contributed by atoms with van der Waals surface area (Å²) in [5.74, 6) is -1.52. The molecule has 0 bridgehead atoms. The van der Waals surface area contributed by atoms with Gasteiger partial charge >= 0.3 is 17.8 Å². The Morgan fingerprint density at radius 2 is 2.08 bits per heavy atom. The number of thiophene rings is 2. The van der Waals surface area contributed by atoms with Gasteiger partial charge in [-0.2, -0.15) is 11.3 Å². The van der Waals surface area contributed by atoms with Crippen molar-refractivity contribution in [3.63, 3.8) is 0 Å². The number of nitrogens with one attached hydrogen (secondary N) is 1. The number of likely N-dealkylation sites (N-methyl/N-ethyl adjacent to an activating group) is 1. The van der Waals surface area contributed by atoms with E-state index in [0.29, 0.717) is 23.5 Å². The number of aliphatic hydroxyl groups is 1. The fourth-order valence-electron chi connectivity index (χ4n) is 2.81. The van der Waals surface area contributed by atoms with E-state index < -0.39 is 23.4 Å². The molecular formula is C17H19N3O4S2. The highest BCUT2D eigenvalue weighted by Gasteiger charge is 2.38. The third-order valence-corrected chi connectivity index (χ3v) is 6.06. The van der Waals surface area contributed by atoms with E-state index in [4.69, 9.17) is 0 Å². The van der Waals surface area contributed by atoms with Crippen LogP contribution in [0.1, 0.15) is 17.4 Å². The first-order chi connectivity index (χ1) is 12.5. The van der Waals surface area contributed by atoms with E-state index in [1.54, 1.807) is 19.1 Å². The van der Waals surface area contributed by atoms with Crippen LogP contribution in [-0.4, -0.2) is 58.9 Å². The summed E-state index contributed by atoms with van der Waals surface area (Å²) in [7, 11) is 0. The van der Waals surface area contributed by atoms with Crippen LogP contribution in [0.3, 0.4) is 0 Å². The number of piperazine rings is 1. The molecule has 0 saturated carbocycles. The van der Waals surface area contributed by atoms with E-state index in [1.807, 2.05) is 22.2 Å². The Hall–Kier alpha value is -2.23. The number of amides is 4. The fourth-order valence-corrected chi connectivity index (χ4v) is 4.38. The molecule has 4 amide bonds. The van der Waals surface area contributed by atoms with E-state index in [0.717, 1.165) is 4.90 Å². The van der Waals surface area contributed by atoms with Crippen LogP contribution in [0, 0.1) is 0 Å². The summed E-state index contributed by atoms with van der Waals surface area (Å²) in [6.07, 6.45) is 0. The molecule has 1 atom stereocenters. The number of rotatable bonds is 5. The van der Waals surface area contributed by atoms with E-state index in [-0.39, 0.29) is 13.1 Å². The van der Waals surface area contributed by atoms with Crippen molar-refractivity contribution in [2.45, 2.75) is 12.5 Å². The van der Waals surface area contributed by atoms with Gasteiger partial charge in [-0.3, -0.25) is 14.5 Å². The standard InChI is InChI=1S/C17H19N3O4S2/c1-2-19-6-7-20(15(22)14(19)21)16(23)18-11-17(24,12-5-9-25-10-12)13-4-3-8-26-13/h3-5,8-10,24H,2,6-7,11H2,1H3,(H,18,23)/t17-/m0/s1. The fraction of sp³-hybridized carbons (Fsp3) is 0.353. The minimum Gasteiger partial charge on any atom is -0.378 e. The molecule has 0 spiro atoms. The highest BCUT2D eigenvalue weighted by molar-refractivity contribution is 7.10. The molecular weight excluding hydrogens is 374 g/mol. The van der Waals surface area contributed by atoms with Crippen molar-refractivity contribution in [3.05, 3.63) is 44.8 Å². The van der Waals surface area contributed by atoms with Gasteiger partial charge in [-0.25, -0.2) is 4.79 Å². The van der Waals surface area contributed by atoms with E-state index in [2.05, 4.69) is 5.32 Å². The summed E-state index contributed by atoms with van der Waals surface area (Å²) in [6, 6.07) is 4.74. The van der Waals surface area contributed by atoms with Crippen LogP contribution in [0.25, 0.3) is 0 Å². The van der Waals surface area contributed by atoms with Crippen LogP contribution in [0.5, 0.6) is 0 Å². The lowest BCUT2D eigenvalue weighted by Crippen LogP contribution is -2.59. The first-order valence-corrected chi connectivity index (χ1v) is 9.97. The van der Waals surface area contributed by atoms with Gasteiger partial charge in [0.05, 0.1) is 6.54 Å². The number of imide groups is 1. The monoisotopic (exact) mass is 393 g/mol. The Balaban J connectivity index is 1.73. The Labute approximate surface area is 158 Å². The lowest BCUT2D eigenvalue weighted by atomic mass is 9.94. The quantitative estimate of drug-likeness (QED) is 0.753. The molecule has 1 saturated heterocycles. The third kappa shape index (κ3) is 3.37. The smallest absolute Gasteiger partial charge is 0.324 e. The van der Waals surface area contributed by atoms with Crippen LogP contribution < -0.4 is 5.32 Å². The highest BCUT2D eigenvalue weighted by Crippen LogP contribution is 2.33. The Morgan fingerprint density at radius 1 is 1.27 bits per heavy atom. The Morgan fingerprint density at radius 3 is 2.69 bits per heavy atom. The van der Waals surface area contributed by atoms with Gasteiger partial charge in [-0.1, -0.05) is 6.07 Å². The van der Waals surface area contributed by atoms with Crippen LogP contribution >= 0.6 is 22.7 Å². The summed E-state index contributed by atoms with van der Waals surface area (Å²) in [4.78, 5) is 39.5. The molecule has 2 aromatic rings. The van der Waals surface area contributed by atoms with Crippen molar-refractivity contribution in [3.8, 4) is 0 Å². The predicted molar refractivity (Wildman–Crippen MR) is 99.0 cm³/mol. The van der Waals surface area contributed by atoms with Crippen molar-refractivity contribution in [1.82, 2.24) is 15.1 Å². The maximum absolute atomic E-state index is 12.5. The number of nitrogens with zero attached hydrogens (tertiary/aromatic N) is 2. The van der Waals surface area contributed by atoms with Crippen LogP contribution in [-0.2, 0) is 15.2 Å². The molecule has 26 heavy (non-hydrogen) atoms. The van der Waals surface area contributed by atoms with Crippen molar-refractivity contribution in [2.75, 3.05) is 26.2 Å². The molecule has 0 aromatic carbocycles. The third-order valence-electron chi connectivity index (χ3n) is 4.36. The summed E-state index contributed by atoms with van der Waals surface area (Å²) >= 11 is 2.83. The minimum atomic E-state index is -1.39. The van der Waals surface area contributed by atoms with Crippen LogP contribution in [0.4, 0.5) is 4.79 Å². The predicted octanol–water partition coefficient (Wildman–Crippen LogP) is 1.45. The molecule has 7 nitrogen and oxygen atoms in total. The Bertz CT molecular complexity index is 755. The highest BCUT2D eigenvalue weighted by atomic mass is 32.1. The minimum absolute atomic E-state index is 0.0987. The summed E-state index contributed by atoms with van der Waals surface area (Å²) in [5, 5.41) is 19.3. The molecule has 0 aliphatic carbocycles. The molecule has 0 radical (unpaired) electrons. The molecule has 3 rings (SSSR count). The van der Waals surface area contributed by atoms with Gasteiger partial charge < -0.3 is 15.3 Å². The van der Waals surface area contributed by atoms with Crippen molar-refractivity contribution in [2.24, 2.45) is 0 Å². The van der Waals surface area contributed by atoms with Crippen molar-refractivity contribution >= 4 is 40.5 Å². The number of carbonyl (C=O) groups is 3. The van der Waals surface area contributed by atoms with Crippen LogP contribution in [0.2, 0.25) is 0 Å². The average Bonchev–Trinajstić information content (AvgIpc) is 3.35.